The second-order valence-electron chi connectivity index (χ2n) is 3.45. The van der Waals surface area contributed by atoms with E-state index in [1.165, 1.54) is 25.1 Å². The SMILES string of the molecule is CC(Cl)S(=O)(=O)c1ccc(CCN=C=O)cc1. The first-order chi connectivity index (χ1) is 7.98. The van der Waals surface area contributed by atoms with Crippen LogP contribution in [0.5, 0.6) is 0 Å². The molecule has 1 aromatic rings. The van der Waals surface area contributed by atoms with Gasteiger partial charge in [-0.3, -0.25) is 0 Å². The van der Waals surface area contributed by atoms with Gasteiger partial charge in [0.05, 0.1) is 11.4 Å². The van der Waals surface area contributed by atoms with Crippen molar-refractivity contribution in [2.75, 3.05) is 6.54 Å². The van der Waals surface area contributed by atoms with E-state index in [9.17, 15) is 13.2 Å². The molecule has 0 aliphatic carbocycles. The van der Waals surface area contributed by atoms with Gasteiger partial charge in [-0.05, 0) is 31.0 Å². The highest BCUT2D eigenvalue weighted by Crippen LogP contribution is 2.19. The topological polar surface area (TPSA) is 63.6 Å². The Morgan fingerprint density at radius 3 is 2.41 bits per heavy atom. The summed E-state index contributed by atoms with van der Waals surface area (Å²) in [5.74, 6) is 0. The molecule has 0 aliphatic heterocycles. The molecule has 4 nitrogen and oxygen atoms in total. The number of sulfone groups is 1. The molecule has 0 saturated heterocycles. The molecular weight excluding hydrogens is 262 g/mol. The molecule has 0 spiro atoms. The molecule has 0 aromatic heterocycles. The van der Waals surface area contributed by atoms with Gasteiger partial charge in [0.25, 0.3) is 0 Å². The highest BCUT2D eigenvalue weighted by molar-refractivity contribution is 7.93. The van der Waals surface area contributed by atoms with Crippen LogP contribution in [0.25, 0.3) is 0 Å². The maximum absolute atomic E-state index is 11.7. The van der Waals surface area contributed by atoms with Crippen molar-refractivity contribution < 1.29 is 13.2 Å². The zero-order valence-electron chi connectivity index (χ0n) is 9.26. The van der Waals surface area contributed by atoms with Crippen LogP contribution in [0.15, 0.2) is 34.2 Å². The van der Waals surface area contributed by atoms with Gasteiger partial charge in [-0.15, -0.1) is 11.6 Å². The Morgan fingerprint density at radius 2 is 1.94 bits per heavy atom. The lowest BCUT2D eigenvalue weighted by molar-refractivity contribution is 0.563. The van der Waals surface area contributed by atoms with Crippen LogP contribution >= 0.6 is 11.6 Å². The van der Waals surface area contributed by atoms with Gasteiger partial charge < -0.3 is 0 Å². The molecule has 1 atom stereocenters. The summed E-state index contributed by atoms with van der Waals surface area (Å²) in [4.78, 5) is 13.5. The molecular formula is C11H12ClNO3S. The second-order valence-corrected chi connectivity index (χ2v) is 6.64. The van der Waals surface area contributed by atoms with Crippen LogP contribution in [0.1, 0.15) is 12.5 Å². The normalized spacial score (nSPS) is 12.8. The number of carbonyl (C=O) groups excluding carboxylic acids is 1. The Bertz CT molecular complexity index is 516. The van der Waals surface area contributed by atoms with Gasteiger partial charge in [-0.2, -0.15) is 0 Å². The van der Waals surface area contributed by atoms with Crippen molar-refractivity contribution in [1.29, 1.82) is 0 Å². The van der Waals surface area contributed by atoms with Crippen molar-refractivity contribution in [3.8, 4) is 0 Å². The molecule has 17 heavy (non-hydrogen) atoms. The summed E-state index contributed by atoms with van der Waals surface area (Å²) >= 11 is 5.60. The Balaban J connectivity index is 2.85. The Morgan fingerprint density at radius 1 is 1.35 bits per heavy atom. The van der Waals surface area contributed by atoms with E-state index >= 15 is 0 Å². The fourth-order valence-corrected chi connectivity index (χ4v) is 2.46. The predicted molar refractivity (Wildman–Crippen MR) is 65.6 cm³/mol. The van der Waals surface area contributed by atoms with Crippen molar-refractivity contribution in [1.82, 2.24) is 0 Å². The van der Waals surface area contributed by atoms with Crippen LogP contribution in [0.4, 0.5) is 0 Å². The first-order valence-corrected chi connectivity index (χ1v) is 6.97. The van der Waals surface area contributed by atoms with Crippen LogP contribution in [-0.4, -0.2) is 25.8 Å². The van der Waals surface area contributed by atoms with E-state index in [4.69, 9.17) is 11.6 Å². The molecule has 0 aliphatic rings. The second kappa shape index (κ2) is 5.96. The lowest BCUT2D eigenvalue weighted by atomic mass is 10.2. The van der Waals surface area contributed by atoms with Gasteiger partial charge in [0.2, 0.25) is 6.08 Å². The molecule has 1 aromatic carbocycles. The highest BCUT2D eigenvalue weighted by Gasteiger charge is 2.20. The third-order valence-electron chi connectivity index (χ3n) is 2.26. The van der Waals surface area contributed by atoms with Gasteiger partial charge >= 0.3 is 0 Å². The van der Waals surface area contributed by atoms with E-state index in [1.807, 2.05) is 0 Å². The van der Waals surface area contributed by atoms with E-state index in [0.29, 0.717) is 13.0 Å². The van der Waals surface area contributed by atoms with Crippen molar-refractivity contribution in [2.45, 2.75) is 22.9 Å². The van der Waals surface area contributed by atoms with Crippen molar-refractivity contribution in [3.05, 3.63) is 29.8 Å². The average Bonchev–Trinajstić information content (AvgIpc) is 2.30. The average molecular weight is 274 g/mol. The van der Waals surface area contributed by atoms with Crippen molar-refractivity contribution in [2.24, 2.45) is 4.99 Å². The Labute approximate surface area is 105 Å². The smallest absolute Gasteiger partial charge is 0.222 e. The maximum Gasteiger partial charge on any atom is 0.234 e. The molecule has 0 amide bonds. The Hall–Kier alpha value is -1.16. The number of benzene rings is 1. The van der Waals surface area contributed by atoms with Crippen LogP contribution in [-0.2, 0) is 21.1 Å². The minimum absolute atomic E-state index is 0.197. The molecule has 0 bridgehead atoms. The molecule has 1 rings (SSSR count). The summed E-state index contributed by atoms with van der Waals surface area (Å²) in [5.41, 5.74) is 0.908. The lowest BCUT2D eigenvalue weighted by Crippen LogP contribution is -2.11. The summed E-state index contributed by atoms with van der Waals surface area (Å²) in [6.07, 6.45) is 2.03. The number of nitrogens with zero attached hydrogens (tertiary/aromatic N) is 1. The van der Waals surface area contributed by atoms with Crippen LogP contribution in [0.2, 0.25) is 0 Å². The number of hydrogen-bond acceptors (Lipinski definition) is 4. The van der Waals surface area contributed by atoms with Gasteiger partial charge in [0, 0.05) is 0 Å². The zero-order valence-corrected chi connectivity index (χ0v) is 10.8. The first-order valence-electron chi connectivity index (χ1n) is 4.99. The minimum Gasteiger partial charge on any atom is -0.222 e. The van der Waals surface area contributed by atoms with E-state index in [1.54, 1.807) is 12.1 Å². The van der Waals surface area contributed by atoms with Crippen LogP contribution in [0.3, 0.4) is 0 Å². The third kappa shape index (κ3) is 3.66. The molecule has 6 heteroatoms. The number of isocyanates is 1. The zero-order chi connectivity index (χ0) is 12.9. The van der Waals surface area contributed by atoms with Gasteiger partial charge in [-0.25, -0.2) is 18.2 Å². The van der Waals surface area contributed by atoms with Gasteiger partial charge in [-0.1, -0.05) is 12.1 Å². The molecule has 0 saturated carbocycles. The van der Waals surface area contributed by atoms with E-state index in [2.05, 4.69) is 4.99 Å². The number of rotatable bonds is 5. The largest absolute Gasteiger partial charge is 0.234 e. The van der Waals surface area contributed by atoms with E-state index in [0.717, 1.165) is 5.56 Å². The van der Waals surface area contributed by atoms with Crippen LogP contribution in [0, 0.1) is 0 Å². The summed E-state index contributed by atoms with van der Waals surface area (Å²) in [5, 5.41) is 0. The molecule has 0 radical (unpaired) electrons. The van der Waals surface area contributed by atoms with E-state index < -0.39 is 14.5 Å². The maximum atomic E-state index is 11.7. The number of alkyl halides is 1. The third-order valence-corrected chi connectivity index (χ3v) is 4.74. The first kappa shape index (κ1) is 13.9. The summed E-state index contributed by atoms with van der Waals surface area (Å²) in [6, 6.07) is 6.39. The quantitative estimate of drug-likeness (QED) is 0.468. The van der Waals surface area contributed by atoms with Crippen molar-refractivity contribution >= 4 is 27.5 Å². The van der Waals surface area contributed by atoms with Crippen molar-refractivity contribution in [3.63, 3.8) is 0 Å². The standard InChI is InChI=1S/C11H12ClNO3S/c1-9(12)17(15,16)11-4-2-10(3-5-11)6-7-13-8-14/h2-5,9H,6-7H2,1H3. The van der Waals surface area contributed by atoms with Crippen LogP contribution < -0.4 is 0 Å². The predicted octanol–water partition coefficient (Wildman–Crippen LogP) is 1.92. The summed E-state index contributed by atoms with van der Waals surface area (Å²) in [7, 11) is -3.44. The number of halogens is 1. The van der Waals surface area contributed by atoms with Gasteiger partial charge in [0.1, 0.15) is 4.71 Å². The van der Waals surface area contributed by atoms with Gasteiger partial charge in [0.15, 0.2) is 9.84 Å². The fourth-order valence-electron chi connectivity index (χ4n) is 1.26. The molecule has 92 valence electrons. The molecule has 0 fully saturated rings. The number of aliphatic imine (C=N–C) groups is 1. The fraction of sp³-hybridized carbons (Fsp3) is 0.364. The minimum atomic E-state index is -3.44. The monoisotopic (exact) mass is 273 g/mol. The lowest BCUT2D eigenvalue weighted by Gasteiger charge is -2.06. The molecule has 0 N–H and O–H groups in total. The molecule has 1 unspecified atom stereocenters. The Kier molecular flexibility index (Phi) is 4.87. The summed E-state index contributed by atoms with van der Waals surface area (Å²) in [6.45, 7) is 1.77. The number of hydrogen-bond donors (Lipinski definition) is 0. The van der Waals surface area contributed by atoms with E-state index in [-0.39, 0.29) is 4.90 Å². The highest BCUT2D eigenvalue weighted by atomic mass is 35.5. The molecule has 0 heterocycles. The summed E-state index contributed by atoms with van der Waals surface area (Å²) < 4.78 is 22.5.